The van der Waals surface area contributed by atoms with Gasteiger partial charge in [-0.25, -0.2) is 15.0 Å². The molecule has 4 atom stereocenters. The summed E-state index contributed by atoms with van der Waals surface area (Å²) >= 11 is 0. The van der Waals surface area contributed by atoms with E-state index in [-0.39, 0.29) is 18.5 Å². The fourth-order valence-electron chi connectivity index (χ4n) is 3.83. The number of anilines is 1. The topological polar surface area (TPSA) is 132 Å². The second-order valence-electron chi connectivity index (χ2n) is 8.00. The van der Waals surface area contributed by atoms with Crippen LogP contribution in [-0.4, -0.2) is 66.7 Å². The van der Waals surface area contributed by atoms with Crippen molar-refractivity contribution in [3.8, 4) is 0 Å². The molecule has 0 amide bonds. The molecule has 1 saturated heterocycles. The van der Waals surface area contributed by atoms with Crippen LogP contribution in [0.15, 0.2) is 12.7 Å². The number of nitrogens with zero attached hydrogens (tertiary/aromatic N) is 4. The molecule has 2 aliphatic rings. The number of hydrogen-bond acceptors (Lipinski definition) is 9. The van der Waals surface area contributed by atoms with Gasteiger partial charge in [-0.15, -0.1) is 0 Å². The van der Waals surface area contributed by atoms with Crippen molar-refractivity contribution in [3.05, 3.63) is 12.7 Å². The van der Waals surface area contributed by atoms with Crippen molar-refractivity contribution < 1.29 is 24.5 Å². The van der Waals surface area contributed by atoms with Crippen LogP contribution >= 0.6 is 0 Å². The highest BCUT2D eigenvalue weighted by molar-refractivity contribution is 5.82. The van der Waals surface area contributed by atoms with Crippen molar-refractivity contribution in [2.24, 2.45) is 5.92 Å². The molecule has 0 unspecified atom stereocenters. The molecule has 0 bridgehead atoms. The van der Waals surface area contributed by atoms with Gasteiger partial charge in [-0.3, -0.25) is 9.36 Å². The SMILES string of the molecule is CC(C)C(=O)OC[C@H]1O[C@@H](n2cnc3c(NC4CCCC4)ncnc32)[C@H](O)[C@@H]1O. The van der Waals surface area contributed by atoms with Crippen molar-refractivity contribution in [2.45, 2.75) is 70.1 Å². The number of hydrogen-bond donors (Lipinski definition) is 3. The summed E-state index contributed by atoms with van der Waals surface area (Å²) in [5.74, 6) is -0.0207. The van der Waals surface area contributed by atoms with Gasteiger partial charge in [0.15, 0.2) is 23.2 Å². The van der Waals surface area contributed by atoms with Gasteiger partial charge in [0, 0.05) is 6.04 Å². The van der Waals surface area contributed by atoms with E-state index in [9.17, 15) is 15.0 Å². The fourth-order valence-corrected chi connectivity index (χ4v) is 3.83. The van der Waals surface area contributed by atoms with Crippen LogP contribution in [0.25, 0.3) is 11.2 Å². The van der Waals surface area contributed by atoms with E-state index >= 15 is 0 Å². The lowest BCUT2D eigenvalue weighted by atomic mass is 10.1. The van der Waals surface area contributed by atoms with Gasteiger partial charge in [-0.05, 0) is 12.8 Å². The number of aliphatic hydroxyl groups excluding tert-OH is 2. The minimum atomic E-state index is -1.21. The Morgan fingerprint density at radius 3 is 2.76 bits per heavy atom. The molecule has 3 heterocycles. The molecular weight excluding hydrogens is 378 g/mol. The van der Waals surface area contributed by atoms with Crippen molar-refractivity contribution in [1.29, 1.82) is 0 Å². The Kier molecular flexibility index (Phi) is 5.66. The number of imidazole rings is 1. The Morgan fingerprint density at radius 2 is 2.03 bits per heavy atom. The molecule has 1 aliphatic carbocycles. The van der Waals surface area contributed by atoms with E-state index in [2.05, 4.69) is 20.3 Å². The lowest BCUT2D eigenvalue weighted by molar-refractivity contribution is -0.153. The summed E-state index contributed by atoms with van der Waals surface area (Å²) in [5, 5.41) is 24.3. The molecule has 10 heteroatoms. The first kappa shape index (κ1) is 20.0. The van der Waals surface area contributed by atoms with Gasteiger partial charge in [0.2, 0.25) is 0 Å². The molecule has 2 aromatic heterocycles. The van der Waals surface area contributed by atoms with Gasteiger partial charge in [0.1, 0.15) is 31.2 Å². The zero-order chi connectivity index (χ0) is 20.5. The summed E-state index contributed by atoms with van der Waals surface area (Å²) < 4.78 is 12.5. The van der Waals surface area contributed by atoms with Crippen LogP contribution in [0, 0.1) is 5.92 Å². The first-order valence-corrected chi connectivity index (χ1v) is 10.1. The van der Waals surface area contributed by atoms with E-state index in [0.717, 1.165) is 12.8 Å². The predicted molar refractivity (Wildman–Crippen MR) is 103 cm³/mol. The minimum absolute atomic E-state index is 0.137. The van der Waals surface area contributed by atoms with Crippen molar-refractivity contribution >= 4 is 23.0 Å². The molecule has 10 nitrogen and oxygen atoms in total. The summed E-state index contributed by atoms with van der Waals surface area (Å²) in [4.78, 5) is 24.7. The summed E-state index contributed by atoms with van der Waals surface area (Å²) in [6, 6.07) is 0.369. The van der Waals surface area contributed by atoms with E-state index in [1.165, 1.54) is 25.5 Å². The summed E-state index contributed by atoms with van der Waals surface area (Å²) in [7, 11) is 0. The Labute approximate surface area is 168 Å². The highest BCUT2D eigenvalue weighted by Gasteiger charge is 2.45. The maximum atomic E-state index is 11.7. The lowest BCUT2D eigenvalue weighted by Crippen LogP contribution is -2.34. The van der Waals surface area contributed by atoms with Crippen LogP contribution in [0.5, 0.6) is 0 Å². The van der Waals surface area contributed by atoms with E-state index in [1.54, 1.807) is 18.4 Å². The van der Waals surface area contributed by atoms with E-state index in [1.807, 2.05) is 0 Å². The smallest absolute Gasteiger partial charge is 0.308 e. The summed E-state index contributed by atoms with van der Waals surface area (Å²) in [5.41, 5.74) is 1.08. The maximum Gasteiger partial charge on any atom is 0.308 e. The highest BCUT2D eigenvalue weighted by Crippen LogP contribution is 2.33. The quantitative estimate of drug-likeness (QED) is 0.602. The van der Waals surface area contributed by atoms with Gasteiger partial charge in [0.25, 0.3) is 0 Å². The molecule has 1 aliphatic heterocycles. The average Bonchev–Trinajstić information content (AvgIpc) is 3.42. The Balaban J connectivity index is 1.52. The van der Waals surface area contributed by atoms with Gasteiger partial charge in [0.05, 0.1) is 12.2 Å². The van der Waals surface area contributed by atoms with E-state index < -0.39 is 24.5 Å². The van der Waals surface area contributed by atoms with Gasteiger partial charge in [-0.1, -0.05) is 26.7 Å². The predicted octanol–water partition coefficient (Wildman–Crippen LogP) is 0.999. The average molecular weight is 405 g/mol. The monoisotopic (exact) mass is 405 g/mol. The molecule has 0 radical (unpaired) electrons. The highest BCUT2D eigenvalue weighted by atomic mass is 16.6. The molecule has 1 saturated carbocycles. The molecule has 2 aromatic rings. The van der Waals surface area contributed by atoms with Crippen LogP contribution < -0.4 is 5.32 Å². The van der Waals surface area contributed by atoms with Crippen LogP contribution in [0.1, 0.15) is 45.8 Å². The number of rotatable bonds is 6. The molecule has 29 heavy (non-hydrogen) atoms. The second-order valence-corrected chi connectivity index (χ2v) is 8.00. The van der Waals surface area contributed by atoms with Crippen LogP contribution in [-0.2, 0) is 14.3 Å². The summed E-state index contributed by atoms with van der Waals surface area (Å²) in [6.07, 6.45) is 3.40. The standard InChI is InChI=1S/C19H27N5O5/c1-10(2)19(27)28-7-12-14(25)15(26)18(29-12)24-9-22-13-16(20-8-21-17(13)24)23-11-5-3-4-6-11/h8-12,14-15,18,25-26H,3-7H2,1-2H3,(H,20,21,23)/t12-,14-,15-,18-/m1/s1. The second kappa shape index (κ2) is 8.21. The largest absolute Gasteiger partial charge is 0.463 e. The number of aromatic nitrogens is 4. The normalized spacial score (nSPS) is 27.8. The van der Waals surface area contributed by atoms with Gasteiger partial charge in [-0.2, -0.15) is 0 Å². The molecule has 158 valence electrons. The molecule has 0 aromatic carbocycles. The number of ether oxygens (including phenoxy) is 2. The maximum absolute atomic E-state index is 11.7. The molecule has 0 spiro atoms. The molecule has 3 N–H and O–H groups in total. The van der Waals surface area contributed by atoms with Crippen LogP contribution in [0.4, 0.5) is 5.82 Å². The zero-order valence-corrected chi connectivity index (χ0v) is 16.6. The van der Waals surface area contributed by atoms with E-state index in [4.69, 9.17) is 9.47 Å². The van der Waals surface area contributed by atoms with Gasteiger partial charge >= 0.3 is 5.97 Å². The third-order valence-corrected chi connectivity index (χ3v) is 5.53. The fraction of sp³-hybridized carbons (Fsp3) is 0.684. The molecule has 4 rings (SSSR count). The number of fused-ring (bicyclic) bond motifs is 1. The van der Waals surface area contributed by atoms with Crippen molar-refractivity contribution in [1.82, 2.24) is 19.5 Å². The molecular formula is C19H27N5O5. The Bertz CT molecular complexity index is 866. The third-order valence-electron chi connectivity index (χ3n) is 5.53. The first-order valence-electron chi connectivity index (χ1n) is 10.1. The van der Waals surface area contributed by atoms with Crippen molar-refractivity contribution in [3.63, 3.8) is 0 Å². The van der Waals surface area contributed by atoms with E-state index in [0.29, 0.717) is 23.0 Å². The van der Waals surface area contributed by atoms with Crippen molar-refractivity contribution in [2.75, 3.05) is 11.9 Å². The minimum Gasteiger partial charge on any atom is -0.463 e. The third kappa shape index (κ3) is 3.92. The lowest BCUT2D eigenvalue weighted by Gasteiger charge is -2.17. The molecule has 2 fully saturated rings. The van der Waals surface area contributed by atoms with Gasteiger partial charge < -0.3 is 25.0 Å². The number of esters is 1. The number of carbonyl (C=O) groups is 1. The Hall–Kier alpha value is -2.30. The Morgan fingerprint density at radius 1 is 1.28 bits per heavy atom. The first-order chi connectivity index (χ1) is 14.0. The van der Waals surface area contributed by atoms with Crippen LogP contribution in [0.3, 0.4) is 0 Å². The number of aliphatic hydroxyl groups is 2. The zero-order valence-electron chi connectivity index (χ0n) is 16.6. The number of nitrogens with one attached hydrogen (secondary N) is 1. The number of carbonyl (C=O) groups excluding carboxylic acids is 1. The van der Waals surface area contributed by atoms with Crippen LogP contribution in [0.2, 0.25) is 0 Å². The summed E-state index contributed by atoms with van der Waals surface area (Å²) in [6.45, 7) is 3.31.